The Bertz CT molecular complexity index is 968. The first-order valence-electron chi connectivity index (χ1n) is 6.62. The highest BCUT2D eigenvalue weighted by atomic mass is 35.5. The fourth-order valence-corrected chi connectivity index (χ4v) is 3.17. The van der Waals surface area contributed by atoms with E-state index >= 15 is 0 Å². The number of fused-ring (bicyclic) bond motifs is 1. The van der Waals surface area contributed by atoms with Gasteiger partial charge in [0.25, 0.3) is 15.9 Å². The van der Waals surface area contributed by atoms with Crippen molar-refractivity contribution in [1.82, 2.24) is 15.2 Å². The van der Waals surface area contributed by atoms with Gasteiger partial charge in [-0.15, -0.1) is 4.83 Å². The molecule has 0 spiro atoms. The van der Waals surface area contributed by atoms with Crippen molar-refractivity contribution in [2.24, 2.45) is 0 Å². The molecule has 0 aliphatic carbocycles. The lowest BCUT2D eigenvalue weighted by Gasteiger charge is -2.07. The summed E-state index contributed by atoms with van der Waals surface area (Å²) in [5, 5.41) is 1.24. The number of halogens is 1. The Kier molecular flexibility index (Phi) is 4.08. The highest BCUT2D eigenvalue weighted by Crippen LogP contribution is 2.23. The number of aromatic amines is 1. The molecule has 6 nitrogen and oxygen atoms in total. The number of nitrogens with one attached hydrogen (secondary N) is 3. The van der Waals surface area contributed by atoms with Gasteiger partial charge in [-0.3, -0.25) is 10.2 Å². The van der Waals surface area contributed by atoms with E-state index in [9.17, 15) is 13.2 Å². The molecule has 118 valence electrons. The summed E-state index contributed by atoms with van der Waals surface area (Å²) in [4.78, 5) is 17.1. The van der Waals surface area contributed by atoms with Gasteiger partial charge in [0.2, 0.25) is 0 Å². The highest BCUT2D eigenvalue weighted by molar-refractivity contribution is 7.89. The van der Waals surface area contributed by atoms with Crippen LogP contribution in [-0.4, -0.2) is 19.3 Å². The van der Waals surface area contributed by atoms with Crippen molar-refractivity contribution in [2.75, 3.05) is 0 Å². The number of hydrogen-bond acceptors (Lipinski definition) is 3. The summed E-state index contributed by atoms with van der Waals surface area (Å²) in [6, 6.07) is 14.6. The van der Waals surface area contributed by atoms with Crippen LogP contribution in [0.1, 0.15) is 10.5 Å². The zero-order valence-corrected chi connectivity index (χ0v) is 13.3. The van der Waals surface area contributed by atoms with E-state index in [0.717, 1.165) is 5.39 Å². The Morgan fingerprint density at radius 1 is 1.04 bits per heavy atom. The number of amides is 1. The standard InChI is InChI=1S/C15H12ClN3O3S/c16-12-8-4-5-10-9-13(17-14(10)12)15(20)18-19-23(21,22)11-6-2-1-3-7-11/h1-9,17,19H,(H,18,20). The Hall–Kier alpha value is -2.35. The molecule has 1 heterocycles. The molecule has 1 amide bonds. The van der Waals surface area contributed by atoms with Crippen molar-refractivity contribution in [3.63, 3.8) is 0 Å². The van der Waals surface area contributed by atoms with E-state index in [1.807, 2.05) is 0 Å². The van der Waals surface area contributed by atoms with E-state index in [1.165, 1.54) is 12.1 Å². The van der Waals surface area contributed by atoms with Crippen LogP contribution in [-0.2, 0) is 10.0 Å². The molecule has 0 atom stereocenters. The van der Waals surface area contributed by atoms with Gasteiger partial charge in [0.15, 0.2) is 0 Å². The highest BCUT2D eigenvalue weighted by Gasteiger charge is 2.16. The first-order valence-corrected chi connectivity index (χ1v) is 8.48. The van der Waals surface area contributed by atoms with Crippen LogP contribution >= 0.6 is 11.6 Å². The summed E-state index contributed by atoms with van der Waals surface area (Å²) in [6.45, 7) is 0. The van der Waals surface area contributed by atoms with Crippen LogP contribution in [0.3, 0.4) is 0 Å². The summed E-state index contributed by atoms with van der Waals surface area (Å²) < 4.78 is 24.1. The van der Waals surface area contributed by atoms with E-state index < -0.39 is 15.9 Å². The summed E-state index contributed by atoms with van der Waals surface area (Å²) >= 11 is 6.03. The Morgan fingerprint density at radius 3 is 2.48 bits per heavy atom. The van der Waals surface area contributed by atoms with Gasteiger partial charge < -0.3 is 4.98 Å². The number of para-hydroxylation sites is 1. The third-order valence-electron chi connectivity index (χ3n) is 3.20. The van der Waals surface area contributed by atoms with Crippen molar-refractivity contribution in [2.45, 2.75) is 4.90 Å². The molecule has 2 aromatic carbocycles. The van der Waals surface area contributed by atoms with Gasteiger partial charge in [-0.2, -0.15) is 0 Å². The lowest BCUT2D eigenvalue weighted by Crippen LogP contribution is -2.41. The summed E-state index contributed by atoms with van der Waals surface area (Å²) in [6.07, 6.45) is 0. The van der Waals surface area contributed by atoms with Crippen LogP contribution in [0.2, 0.25) is 5.02 Å². The molecule has 3 aromatic rings. The maximum Gasteiger partial charge on any atom is 0.282 e. The molecule has 1 aromatic heterocycles. The number of hydrazine groups is 1. The van der Waals surface area contributed by atoms with E-state index in [0.29, 0.717) is 10.5 Å². The van der Waals surface area contributed by atoms with Crippen LogP contribution in [0.4, 0.5) is 0 Å². The topological polar surface area (TPSA) is 91.1 Å². The average molecular weight is 350 g/mol. The summed E-state index contributed by atoms with van der Waals surface area (Å²) in [5.74, 6) is -0.614. The molecular formula is C15H12ClN3O3S. The van der Waals surface area contributed by atoms with E-state index in [1.54, 1.807) is 42.5 Å². The first kappa shape index (κ1) is 15.5. The molecule has 0 aliphatic heterocycles. The van der Waals surface area contributed by atoms with Crippen molar-refractivity contribution < 1.29 is 13.2 Å². The molecule has 0 radical (unpaired) electrons. The zero-order chi connectivity index (χ0) is 16.4. The van der Waals surface area contributed by atoms with Crippen LogP contribution in [0.15, 0.2) is 59.5 Å². The predicted molar refractivity (Wildman–Crippen MR) is 87.5 cm³/mol. The lowest BCUT2D eigenvalue weighted by molar-refractivity contribution is 0.0941. The number of sulfonamides is 1. The van der Waals surface area contributed by atoms with E-state index in [4.69, 9.17) is 11.6 Å². The van der Waals surface area contributed by atoms with Crippen molar-refractivity contribution >= 4 is 38.4 Å². The lowest BCUT2D eigenvalue weighted by atomic mass is 10.2. The number of hydrogen-bond donors (Lipinski definition) is 3. The maximum absolute atomic E-state index is 12.1. The van der Waals surface area contributed by atoms with Gasteiger partial charge >= 0.3 is 0 Å². The predicted octanol–water partition coefficient (Wildman–Crippen LogP) is 2.44. The van der Waals surface area contributed by atoms with Gasteiger partial charge in [-0.1, -0.05) is 41.9 Å². The Labute approximate surface area is 137 Å². The second kappa shape index (κ2) is 6.04. The van der Waals surface area contributed by atoms with Crippen molar-refractivity contribution in [3.05, 3.63) is 65.3 Å². The van der Waals surface area contributed by atoms with E-state index in [-0.39, 0.29) is 10.6 Å². The molecule has 0 fully saturated rings. The minimum absolute atomic E-state index is 0.0555. The fraction of sp³-hybridized carbons (Fsp3) is 0. The third kappa shape index (κ3) is 3.21. The number of H-pyrrole nitrogens is 1. The van der Waals surface area contributed by atoms with Gasteiger partial charge in [0.1, 0.15) is 5.69 Å². The largest absolute Gasteiger partial charge is 0.349 e. The zero-order valence-electron chi connectivity index (χ0n) is 11.7. The van der Waals surface area contributed by atoms with Crippen LogP contribution in [0.5, 0.6) is 0 Å². The van der Waals surface area contributed by atoms with Gasteiger partial charge in [0.05, 0.1) is 15.4 Å². The number of aromatic nitrogens is 1. The Balaban J connectivity index is 1.78. The smallest absolute Gasteiger partial charge is 0.282 e. The van der Waals surface area contributed by atoms with Gasteiger partial charge in [-0.25, -0.2) is 8.42 Å². The van der Waals surface area contributed by atoms with Crippen molar-refractivity contribution in [1.29, 1.82) is 0 Å². The van der Waals surface area contributed by atoms with Gasteiger partial charge in [-0.05, 0) is 24.3 Å². The first-order chi connectivity index (χ1) is 11.0. The third-order valence-corrected chi connectivity index (χ3v) is 4.78. The molecule has 3 rings (SSSR count). The number of rotatable bonds is 4. The van der Waals surface area contributed by atoms with Crippen LogP contribution in [0, 0.1) is 0 Å². The monoisotopic (exact) mass is 349 g/mol. The summed E-state index contributed by atoms with van der Waals surface area (Å²) in [5.41, 5.74) is 2.98. The Morgan fingerprint density at radius 2 is 1.78 bits per heavy atom. The second-order valence-corrected chi connectivity index (χ2v) is 6.85. The average Bonchev–Trinajstić information content (AvgIpc) is 2.99. The SMILES string of the molecule is O=C(NNS(=O)(=O)c1ccccc1)c1cc2cccc(Cl)c2[nH]1. The van der Waals surface area contributed by atoms with Crippen LogP contribution in [0.25, 0.3) is 10.9 Å². The molecule has 23 heavy (non-hydrogen) atoms. The number of carbonyl (C=O) groups is 1. The normalized spacial score (nSPS) is 11.5. The molecule has 3 N–H and O–H groups in total. The molecule has 0 saturated carbocycles. The molecule has 0 unspecified atom stereocenters. The quantitative estimate of drug-likeness (QED) is 0.632. The van der Waals surface area contributed by atoms with E-state index in [2.05, 4.69) is 15.2 Å². The molecule has 0 aliphatic rings. The fourth-order valence-electron chi connectivity index (χ4n) is 2.08. The maximum atomic E-state index is 12.1. The van der Waals surface area contributed by atoms with Crippen molar-refractivity contribution in [3.8, 4) is 0 Å². The molecule has 0 bridgehead atoms. The molecular weight excluding hydrogens is 338 g/mol. The molecule has 8 heteroatoms. The molecule has 0 saturated heterocycles. The number of benzene rings is 2. The van der Waals surface area contributed by atoms with Gasteiger partial charge in [0, 0.05) is 5.39 Å². The number of carbonyl (C=O) groups excluding carboxylic acids is 1. The van der Waals surface area contributed by atoms with Crippen LogP contribution < -0.4 is 10.3 Å². The second-order valence-electron chi connectivity index (χ2n) is 4.76. The summed E-state index contributed by atoms with van der Waals surface area (Å²) in [7, 11) is -3.82. The minimum atomic E-state index is -3.82. The minimum Gasteiger partial charge on any atom is -0.349 e.